The lowest BCUT2D eigenvalue weighted by atomic mass is 9.91. The fourth-order valence-corrected chi connectivity index (χ4v) is 4.56. The van der Waals surface area contributed by atoms with Crippen molar-refractivity contribution in [2.45, 2.75) is 70.0 Å². The molecule has 1 aliphatic carbocycles. The van der Waals surface area contributed by atoms with Crippen LogP contribution in [0.5, 0.6) is 0 Å². The maximum absolute atomic E-state index is 3.48. The Morgan fingerprint density at radius 1 is 0.947 bits per heavy atom. The van der Waals surface area contributed by atoms with E-state index in [1.807, 2.05) is 0 Å². The summed E-state index contributed by atoms with van der Waals surface area (Å²) in [6, 6.07) is 1.68. The molecule has 1 saturated carbocycles. The number of piperazine rings is 1. The highest BCUT2D eigenvalue weighted by molar-refractivity contribution is 5.00. The van der Waals surface area contributed by atoms with E-state index in [0.717, 1.165) is 12.1 Å². The van der Waals surface area contributed by atoms with Crippen LogP contribution in [0.15, 0.2) is 0 Å². The van der Waals surface area contributed by atoms with Crippen LogP contribution in [0.25, 0.3) is 0 Å². The molecule has 3 fully saturated rings. The second-order valence-corrected chi connectivity index (χ2v) is 7.40. The van der Waals surface area contributed by atoms with Crippen molar-refractivity contribution < 1.29 is 0 Å². The third-order valence-corrected chi connectivity index (χ3v) is 5.60. The van der Waals surface area contributed by atoms with Crippen molar-refractivity contribution in [1.82, 2.24) is 15.1 Å². The molecule has 0 amide bonds. The topological polar surface area (TPSA) is 18.5 Å². The summed E-state index contributed by atoms with van der Waals surface area (Å²) in [6.45, 7) is 11.1. The van der Waals surface area contributed by atoms with E-state index in [0.29, 0.717) is 5.54 Å². The second kappa shape index (κ2) is 5.71. The highest BCUT2D eigenvalue weighted by Gasteiger charge is 2.43. The Labute approximate surface area is 118 Å². The van der Waals surface area contributed by atoms with Gasteiger partial charge in [0.15, 0.2) is 0 Å². The van der Waals surface area contributed by atoms with Gasteiger partial charge in [0.2, 0.25) is 0 Å². The van der Waals surface area contributed by atoms with E-state index >= 15 is 0 Å². The van der Waals surface area contributed by atoms with Crippen LogP contribution in [0.2, 0.25) is 0 Å². The number of nitrogens with one attached hydrogen (secondary N) is 1. The third kappa shape index (κ3) is 2.98. The molecule has 0 radical (unpaired) electrons. The van der Waals surface area contributed by atoms with Gasteiger partial charge in [-0.1, -0.05) is 19.3 Å². The number of hydrogen-bond donors (Lipinski definition) is 1. The van der Waals surface area contributed by atoms with Crippen molar-refractivity contribution in [3.05, 3.63) is 0 Å². The molecular weight excluding hydrogens is 234 g/mol. The normalized spacial score (nSPS) is 34.7. The largest absolute Gasteiger partial charge is 0.314 e. The predicted octanol–water partition coefficient (Wildman–Crippen LogP) is 2.08. The first-order chi connectivity index (χ1) is 9.17. The first-order valence-corrected chi connectivity index (χ1v) is 8.38. The molecule has 3 rings (SSSR count). The summed E-state index contributed by atoms with van der Waals surface area (Å²) in [4.78, 5) is 5.60. The minimum Gasteiger partial charge on any atom is -0.314 e. The summed E-state index contributed by atoms with van der Waals surface area (Å²) in [7, 11) is 0. The maximum atomic E-state index is 3.48. The lowest BCUT2D eigenvalue weighted by Crippen LogP contribution is -2.50. The fourth-order valence-electron chi connectivity index (χ4n) is 4.56. The van der Waals surface area contributed by atoms with Gasteiger partial charge < -0.3 is 5.32 Å². The van der Waals surface area contributed by atoms with Gasteiger partial charge in [0.05, 0.1) is 0 Å². The molecule has 3 heteroatoms. The molecule has 0 aromatic rings. The van der Waals surface area contributed by atoms with Crippen LogP contribution in [0.3, 0.4) is 0 Å². The summed E-state index contributed by atoms with van der Waals surface area (Å²) in [5.74, 6) is 0. The van der Waals surface area contributed by atoms with E-state index in [9.17, 15) is 0 Å². The maximum Gasteiger partial charge on any atom is 0.0241 e. The molecule has 0 bridgehead atoms. The molecule has 110 valence electrons. The molecule has 2 saturated heterocycles. The van der Waals surface area contributed by atoms with Crippen LogP contribution >= 0.6 is 0 Å². The van der Waals surface area contributed by atoms with Crippen molar-refractivity contribution in [2.75, 3.05) is 32.7 Å². The van der Waals surface area contributed by atoms with Crippen molar-refractivity contribution in [2.24, 2.45) is 0 Å². The average molecular weight is 265 g/mol. The van der Waals surface area contributed by atoms with Crippen LogP contribution in [0.4, 0.5) is 0 Å². The van der Waals surface area contributed by atoms with Crippen molar-refractivity contribution in [3.8, 4) is 0 Å². The van der Waals surface area contributed by atoms with Crippen LogP contribution in [-0.4, -0.2) is 60.1 Å². The molecule has 1 unspecified atom stereocenters. The van der Waals surface area contributed by atoms with Crippen LogP contribution in [-0.2, 0) is 0 Å². The van der Waals surface area contributed by atoms with Gasteiger partial charge in [-0.2, -0.15) is 0 Å². The van der Waals surface area contributed by atoms with E-state index in [1.165, 1.54) is 71.2 Å². The Balaban J connectivity index is 1.64. The molecule has 2 aliphatic heterocycles. The molecule has 19 heavy (non-hydrogen) atoms. The zero-order valence-electron chi connectivity index (χ0n) is 12.8. The SMILES string of the molecule is CC1(C)CC(N2CCNCC2)CN1C1CCCCC1. The Bertz CT molecular complexity index is 290. The Kier molecular flexibility index (Phi) is 4.16. The molecule has 0 spiro atoms. The van der Waals surface area contributed by atoms with Gasteiger partial charge in [-0.05, 0) is 33.1 Å². The summed E-state index contributed by atoms with van der Waals surface area (Å²) >= 11 is 0. The molecule has 0 aromatic heterocycles. The summed E-state index contributed by atoms with van der Waals surface area (Å²) in [5.41, 5.74) is 0.414. The third-order valence-electron chi connectivity index (χ3n) is 5.60. The first kappa shape index (κ1) is 13.8. The van der Waals surface area contributed by atoms with Gasteiger partial charge in [-0.15, -0.1) is 0 Å². The minimum absolute atomic E-state index is 0.414. The first-order valence-electron chi connectivity index (χ1n) is 8.38. The quantitative estimate of drug-likeness (QED) is 0.825. The highest BCUT2D eigenvalue weighted by Crippen LogP contribution is 2.37. The average Bonchev–Trinajstić information content (AvgIpc) is 2.77. The monoisotopic (exact) mass is 265 g/mol. The van der Waals surface area contributed by atoms with Gasteiger partial charge in [-0.25, -0.2) is 0 Å². The standard InChI is InChI=1S/C16H31N3/c1-16(2)12-15(18-10-8-17-9-11-18)13-19(16)14-6-4-3-5-7-14/h14-15,17H,3-13H2,1-2H3. The van der Waals surface area contributed by atoms with Crippen molar-refractivity contribution in [1.29, 1.82) is 0 Å². The molecule has 1 N–H and O–H groups in total. The van der Waals surface area contributed by atoms with E-state index in [1.54, 1.807) is 0 Å². The number of nitrogens with zero attached hydrogens (tertiary/aromatic N) is 2. The summed E-state index contributed by atoms with van der Waals surface area (Å²) in [5, 5.41) is 3.48. The molecule has 3 nitrogen and oxygen atoms in total. The van der Waals surface area contributed by atoms with Gasteiger partial charge in [0, 0.05) is 50.3 Å². The zero-order valence-corrected chi connectivity index (χ0v) is 12.8. The molecule has 0 aromatic carbocycles. The summed E-state index contributed by atoms with van der Waals surface area (Å²) in [6.07, 6.45) is 8.62. The summed E-state index contributed by atoms with van der Waals surface area (Å²) < 4.78 is 0. The van der Waals surface area contributed by atoms with E-state index in [-0.39, 0.29) is 0 Å². The smallest absolute Gasteiger partial charge is 0.0241 e. The van der Waals surface area contributed by atoms with Crippen LogP contribution in [0, 0.1) is 0 Å². The highest BCUT2D eigenvalue weighted by atomic mass is 15.3. The minimum atomic E-state index is 0.414. The molecule has 3 aliphatic rings. The second-order valence-electron chi connectivity index (χ2n) is 7.40. The van der Waals surface area contributed by atoms with E-state index in [4.69, 9.17) is 0 Å². The fraction of sp³-hybridized carbons (Fsp3) is 1.00. The van der Waals surface area contributed by atoms with Gasteiger partial charge in [-0.3, -0.25) is 9.80 Å². The Morgan fingerprint density at radius 2 is 1.63 bits per heavy atom. The van der Waals surface area contributed by atoms with Crippen LogP contribution < -0.4 is 5.32 Å². The molecular formula is C16H31N3. The van der Waals surface area contributed by atoms with E-state index in [2.05, 4.69) is 29.0 Å². The number of rotatable bonds is 2. The van der Waals surface area contributed by atoms with Crippen LogP contribution in [0.1, 0.15) is 52.4 Å². The lowest BCUT2D eigenvalue weighted by Gasteiger charge is -2.40. The van der Waals surface area contributed by atoms with E-state index < -0.39 is 0 Å². The zero-order chi connectivity index (χ0) is 13.3. The predicted molar refractivity (Wildman–Crippen MR) is 80.5 cm³/mol. The van der Waals surface area contributed by atoms with Gasteiger partial charge in [0.1, 0.15) is 0 Å². The van der Waals surface area contributed by atoms with Gasteiger partial charge >= 0.3 is 0 Å². The Morgan fingerprint density at radius 3 is 2.32 bits per heavy atom. The number of hydrogen-bond acceptors (Lipinski definition) is 3. The Hall–Kier alpha value is -0.120. The lowest BCUT2D eigenvalue weighted by molar-refractivity contribution is 0.0863. The molecule has 2 heterocycles. The van der Waals surface area contributed by atoms with Gasteiger partial charge in [0.25, 0.3) is 0 Å². The number of likely N-dealkylation sites (tertiary alicyclic amines) is 1. The molecule has 1 atom stereocenters. The van der Waals surface area contributed by atoms with Crippen molar-refractivity contribution >= 4 is 0 Å². The van der Waals surface area contributed by atoms with Crippen molar-refractivity contribution in [3.63, 3.8) is 0 Å².